The molecular formula is C15H18N2S2. The number of hydrogen-bond donors (Lipinski definition) is 1. The van der Waals surface area contributed by atoms with Crippen LogP contribution in [0.4, 0.5) is 0 Å². The summed E-state index contributed by atoms with van der Waals surface area (Å²) in [6, 6.07) is 8.52. The van der Waals surface area contributed by atoms with Gasteiger partial charge in [-0.3, -0.25) is 0 Å². The highest BCUT2D eigenvalue weighted by molar-refractivity contribution is 7.98. The van der Waals surface area contributed by atoms with Gasteiger partial charge in [-0.15, -0.1) is 23.1 Å². The second-order valence-corrected chi connectivity index (χ2v) is 7.04. The Morgan fingerprint density at radius 2 is 2.00 bits per heavy atom. The van der Waals surface area contributed by atoms with Crippen LogP contribution in [0.25, 0.3) is 11.3 Å². The van der Waals surface area contributed by atoms with Crippen LogP contribution in [0.2, 0.25) is 0 Å². The second kappa shape index (κ2) is 4.93. The van der Waals surface area contributed by atoms with Gasteiger partial charge in [0.25, 0.3) is 0 Å². The average Bonchev–Trinajstić information content (AvgIpc) is 2.91. The summed E-state index contributed by atoms with van der Waals surface area (Å²) in [5, 5.41) is 1.10. The van der Waals surface area contributed by atoms with Crippen molar-refractivity contribution in [3.05, 3.63) is 34.2 Å². The fourth-order valence-corrected chi connectivity index (χ4v) is 4.80. The Balaban J connectivity index is 2.11. The third-order valence-electron chi connectivity index (χ3n) is 3.89. The standard InChI is InChI=1S/C15H18N2S2/c1-3-15(16,4-2)14-17-13-10-7-5-6-8-11(10)18-9-12(13)19-14/h5-8H,3-4,9,16H2,1-2H3. The molecule has 0 aliphatic carbocycles. The molecule has 4 heteroatoms. The van der Waals surface area contributed by atoms with E-state index >= 15 is 0 Å². The number of thiazole rings is 1. The summed E-state index contributed by atoms with van der Waals surface area (Å²) in [5.41, 5.74) is 8.66. The number of nitrogens with zero attached hydrogens (tertiary/aromatic N) is 1. The SMILES string of the molecule is CCC(N)(CC)c1nc2c(s1)CSc1ccccc1-2. The number of thioether (sulfide) groups is 1. The van der Waals surface area contributed by atoms with Crippen molar-refractivity contribution in [1.29, 1.82) is 0 Å². The molecule has 0 saturated carbocycles. The van der Waals surface area contributed by atoms with Crippen LogP contribution >= 0.6 is 23.1 Å². The molecule has 3 rings (SSSR count). The van der Waals surface area contributed by atoms with Gasteiger partial charge in [0.1, 0.15) is 5.01 Å². The Bertz CT molecular complexity index is 600. The van der Waals surface area contributed by atoms with E-state index in [4.69, 9.17) is 10.7 Å². The molecule has 0 radical (unpaired) electrons. The molecule has 0 spiro atoms. The summed E-state index contributed by atoms with van der Waals surface area (Å²) < 4.78 is 0. The molecule has 19 heavy (non-hydrogen) atoms. The van der Waals surface area contributed by atoms with Crippen LogP contribution in [-0.4, -0.2) is 4.98 Å². The van der Waals surface area contributed by atoms with Crippen molar-refractivity contribution in [2.75, 3.05) is 0 Å². The van der Waals surface area contributed by atoms with Crippen molar-refractivity contribution in [1.82, 2.24) is 4.98 Å². The van der Waals surface area contributed by atoms with Crippen molar-refractivity contribution < 1.29 is 0 Å². The molecule has 0 saturated heterocycles. The number of hydrogen-bond acceptors (Lipinski definition) is 4. The molecule has 0 amide bonds. The molecule has 1 aliphatic rings. The third kappa shape index (κ3) is 2.12. The molecule has 1 aliphatic heterocycles. The normalized spacial score (nSPS) is 14.1. The quantitative estimate of drug-likeness (QED) is 0.911. The molecule has 2 heterocycles. The maximum absolute atomic E-state index is 6.49. The van der Waals surface area contributed by atoms with E-state index in [9.17, 15) is 0 Å². The van der Waals surface area contributed by atoms with E-state index in [1.165, 1.54) is 15.3 Å². The van der Waals surface area contributed by atoms with E-state index < -0.39 is 0 Å². The van der Waals surface area contributed by atoms with E-state index in [1.54, 1.807) is 11.3 Å². The van der Waals surface area contributed by atoms with Crippen LogP contribution in [0.5, 0.6) is 0 Å². The Kier molecular flexibility index (Phi) is 3.41. The summed E-state index contributed by atoms with van der Waals surface area (Å²) in [7, 11) is 0. The lowest BCUT2D eigenvalue weighted by atomic mass is 9.95. The fraction of sp³-hybridized carbons (Fsp3) is 0.400. The van der Waals surface area contributed by atoms with Crippen LogP contribution in [0.15, 0.2) is 29.2 Å². The van der Waals surface area contributed by atoms with Gasteiger partial charge in [0, 0.05) is 21.1 Å². The second-order valence-electron chi connectivity index (χ2n) is 4.94. The van der Waals surface area contributed by atoms with Crippen LogP contribution < -0.4 is 5.73 Å². The first-order valence-corrected chi connectivity index (χ1v) is 8.49. The topological polar surface area (TPSA) is 38.9 Å². The molecule has 2 N–H and O–H groups in total. The number of benzene rings is 1. The molecule has 0 fully saturated rings. The van der Waals surface area contributed by atoms with Crippen molar-refractivity contribution >= 4 is 23.1 Å². The fourth-order valence-electron chi connectivity index (χ4n) is 2.36. The van der Waals surface area contributed by atoms with Gasteiger partial charge in [0.2, 0.25) is 0 Å². The number of nitrogens with two attached hydrogens (primary N) is 1. The molecule has 100 valence electrons. The highest BCUT2D eigenvalue weighted by Crippen LogP contribution is 2.45. The average molecular weight is 290 g/mol. The molecule has 2 nitrogen and oxygen atoms in total. The minimum absolute atomic E-state index is 0.262. The predicted octanol–water partition coefficient (Wildman–Crippen LogP) is 4.39. The summed E-state index contributed by atoms with van der Waals surface area (Å²) in [5.74, 6) is 1.02. The first kappa shape index (κ1) is 13.2. The third-order valence-corrected chi connectivity index (χ3v) is 6.44. The van der Waals surface area contributed by atoms with Crippen molar-refractivity contribution in [2.24, 2.45) is 5.73 Å². The minimum Gasteiger partial charge on any atom is -0.319 e. The van der Waals surface area contributed by atoms with Crippen LogP contribution in [0, 0.1) is 0 Å². The molecule has 0 bridgehead atoms. The Hall–Kier alpha value is -0.840. The van der Waals surface area contributed by atoms with Gasteiger partial charge in [0.05, 0.1) is 11.2 Å². The Labute approximate surface area is 122 Å². The summed E-state index contributed by atoms with van der Waals surface area (Å²) in [6.45, 7) is 4.29. The van der Waals surface area contributed by atoms with E-state index in [1.807, 2.05) is 11.8 Å². The van der Waals surface area contributed by atoms with Crippen molar-refractivity contribution in [2.45, 2.75) is 42.9 Å². The molecule has 1 aromatic heterocycles. The van der Waals surface area contributed by atoms with Gasteiger partial charge >= 0.3 is 0 Å². The summed E-state index contributed by atoms with van der Waals surface area (Å²) in [4.78, 5) is 7.59. The van der Waals surface area contributed by atoms with E-state index in [2.05, 4.69) is 38.1 Å². The molecular weight excluding hydrogens is 272 g/mol. The maximum Gasteiger partial charge on any atom is 0.113 e. The van der Waals surface area contributed by atoms with E-state index in [-0.39, 0.29) is 5.54 Å². The lowest BCUT2D eigenvalue weighted by molar-refractivity contribution is 0.411. The lowest BCUT2D eigenvalue weighted by Crippen LogP contribution is -2.34. The van der Waals surface area contributed by atoms with Gasteiger partial charge in [0.15, 0.2) is 0 Å². The lowest BCUT2D eigenvalue weighted by Gasteiger charge is -2.23. The zero-order valence-electron chi connectivity index (χ0n) is 11.3. The van der Waals surface area contributed by atoms with Crippen molar-refractivity contribution in [3.8, 4) is 11.3 Å². The maximum atomic E-state index is 6.49. The predicted molar refractivity (Wildman–Crippen MR) is 83.6 cm³/mol. The largest absolute Gasteiger partial charge is 0.319 e. The Morgan fingerprint density at radius 1 is 1.26 bits per heavy atom. The van der Waals surface area contributed by atoms with Crippen LogP contribution in [0.1, 0.15) is 36.6 Å². The minimum atomic E-state index is -0.262. The zero-order valence-corrected chi connectivity index (χ0v) is 12.9. The number of rotatable bonds is 3. The molecule has 2 aromatic rings. The first-order chi connectivity index (χ1) is 9.18. The summed E-state index contributed by atoms with van der Waals surface area (Å²) >= 11 is 3.70. The Morgan fingerprint density at radius 3 is 2.74 bits per heavy atom. The van der Waals surface area contributed by atoms with Crippen LogP contribution in [0.3, 0.4) is 0 Å². The molecule has 0 atom stereocenters. The molecule has 0 unspecified atom stereocenters. The van der Waals surface area contributed by atoms with Crippen molar-refractivity contribution in [3.63, 3.8) is 0 Å². The van der Waals surface area contributed by atoms with Gasteiger partial charge < -0.3 is 5.73 Å². The first-order valence-electron chi connectivity index (χ1n) is 6.69. The highest BCUT2D eigenvalue weighted by Gasteiger charge is 2.30. The van der Waals surface area contributed by atoms with Gasteiger partial charge in [-0.05, 0) is 18.9 Å². The summed E-state index contributed by atoms with van der Waals surface area (Å²) in [6.07, 6.45) is 1.87. The number of aromatic nitrogens is 1. The zero-order chi connectivity index (χ0) is 13.5. The van der Waals surface area contributed by atoms with Crippen LogP contribution in [-0.2, 0) is 11.3 Å². The monoisotopic (exact) mass is 290 g/mol. The smallest absolute Gasteiger partial charge is 0.113 e. The van der Waals surface area contributed by atoms with Gasteiger partial charge in [-0.2, -0.15) is 0 Å². The highest BCUT2D eigenvalue weighted by atomic mass is 32.2. The van der Waals surface area contributed by atoms with E-state index in [0.717, 1.165) is 29.3 Å². The molecule has 1 aromatic carbocycles. The van der Waals surface area contributed by atoms with Gasteiger partial charge in [-0.25, -0.2) is 4.98 Å². The van der Waals surface area contributed by atoms with E-state index in [0.29, 0.717) is 0 Å². The number of fused-ring (bicyclic) bond motifs is 3. The van der Waals surface area contributed by atoms with Gasteiger partial charge in [-0.1, -0.05) is 32.0 Å².